The Labute approximate surface area is 183 Å². The minimum absolute atomic E-state index is 0.0105. The van der Waals surface area contributed by atoms with E-state index in [0.29, 0.717) is 5.82 Å². The Kier molecular flexibility index (Phi) is 6.53. The molecule has 0 aliphatic rings. The zero-order valence-corrected chi connectivity index (χ0v) is 20.2. The maximum absolute atomic E-state index is 9.82. The lowest BCUT2D eigenvalue weighted by Gasteiger charge is -2.20. The highest BCUT2D eigenvalue weighted by Gasteiger charge is 2.30. The van der Waals surface area contributed by atoms with Crippen LogP contribution in [-0.2, 0) is 10.8 Å². The van der Waals surface area contributed by atoms with Crippen LogP contribution in [0, 0.1) is 0 Å². The summed E-state index contributed by atoms with van der Waals surface area (Å²) >= 11 is 1.80. The molecular formula is C23H35N5OS. The van der Waals surface area contributed by atoms with Gasteiger partial charge >= 0.3 is 0 Å². The molecule has 0 spiro atoms. The molecule has 3 heterocycles. The number of fused-ring (bicyclic) bond motifs is 1. The highest BCUT2D eigenvalue weighted by atomic mass is 32.1. The molecule has 0 amide bonds. The van der Waals surface area contributed by atoms with Crippen LogP contribution in [0.5, 0.6) is 0 Å². The zero-order chi connectivity index (χ0) is 22.1. The van der Waals surface area contributed by atoms with Gasteiger partial charge in [0, 0.05) is 34.0 Å². The minimum Gasteiger partial charge on any atom is -0.395 e. The third kappa shape index (κ3) is 4.37. The van der Waals surface area contributed by atoms with Gasteiger partial charge in [0.2, 0.25) is 0 Å². The molecule has 7 heteroatoms. The van der Waals surface area contributed by atoms with Gasteiger partial charge in [-0.15, -0.1) is 21.5 Å². The van der Waals surface area contributed by atoms with Crippen molar-refractivity contribution in [2.45, 2.75) is 72.1 Å². The summed E-state index contributed by atoms with van der Waals surface area (Å²) in [7, 11) is 0. The Balaban J connectivity index is 2.12. The van der Waals surface area contributed by atoms with Crippen LogP contribution in [0.2, 0.25) is 0 Å². The quantitative estimate of drug-likeness (QED) is 0.588. The Morgan fingerprint density at radius 2 is 1.87 bits per heavy atom. The normalized spacial score (nSPS) is 13.5. The van der Waals surface area contributed by atoms with Crippen LogP contribution < -0.4 is 10.1 Å². The smallest absolute Gasteiger partial charge is 0.187 e. The number of anilines is 1. The maximum atomic E-state index is 9.82. The molecule has 3 aromatic rings. The molecule has 1 N–H and O–H groups in total. The van der Waals surface area contributed by atoms with Crippen molar-refractivity contribution in [2.75, 3.05) is 24.6 Å². The topological polar surface area (TPSA) is 66.6 Å². The van der Waals surface area contributed by atoms with E-state index in [-0.39, 0.29) is 12.0 Å². The molecule has 0 unspecified atom stereocenters. The van der Waals surface area contributed by atoms with E-state index in [9.17, 15) is 5.11 Å². The lowest BCUT2D eigenvalue weighted by molar-refractivity contribution is 0.209. The predicted molar refractivity (Wildman–Crippen MR) is 125 cm³/mol. The van der Waals surface area contributed by atoms with Crippen molar-refractivity contribution < 1.29 is 5.11 Å². The number of aliphatic hydroxyl groups is 1. The van der Waals surface area contributed by atoms with Gasteiger partial charge in [0.25, 0.3) is 0 Å². The van der Waals surface area contributed by atoms with Crippen molar-refractivity contribution in [3.05, 3.63) is 33.7 Å². The van der Waals surface area contributed by atoms with Gasteiger partial charge in [-0.3, -0.25) is 0 Å². The number of aromatic nitrogens is 4. The van der Waals surface area contributed by atoms with Gasteiger partial charge in [-0.25, -0.2) is 0 Å². The van der Waals surface area contributed by atoms with Crippen LogP contribution in [0.1, 0.15) is 77.7 Å². The fourth-order valence-corrected chi connectivity index (χ4v) is 4.53. The zero-order valence-electron chi connectivity index (χ0n) is 19.4. The Morgan fingerprint density at radius 1 is 1.13 bits per heavy atom. The lowest BCUT2D eigenvalue weighted by atomic mass is 9.91. The first-order valence-electron chi connectivity index (χ1n) is 10.9. The van der Waals surface area contributed by atoms with E-state index in [2.05, 4.69) is 67.9 Å². The third-order valence-electron chi connectivity index (χ3n) is 5.42. The van der Waals surface area contributed by atoms with Gasteiger partial charge in [-0.1, -0.05) is 48.0 Å². The Hall–Kier alpha value is -1.99. The van der Waals surface area contributed by atoms with Crippen LogP contribution in [-0.4, -0.2) is 44.6 Å². The van der Waals surface area contributed by atoms with Gasteiger partial charge in [0.05, 0.1) is 17.3 Å². The molecule has 0 aliphatic carbocycles. The third-order valence-corrected chi connectivity index (χ3v) is 6.51. The van der Waals surface area contributed by atoms with Crippen LogP contribution >= 0.6 is 11.3 Å². The van der Waals surface area contributed by atoms with Crippen molar-refractivity contribution in [3.63, 3.8) is 0 Å². The average Bonchev–Trinajstić information content (AvgIpc) is 3.38. The molecule has 3 rings (SSSR count). The first-order valence-corrected chi connectivity index (χ1v) is 11.7. The molecule has 0 bridgehead atoms. The summed E-state index contributed by atoms with van der Waals surface area (Å²) in [6.07, 6.45) is 4.59. The molecule has 164 valence electrons. The van der Waals surface area contributed by atoms with E-state index in [0.717, 1.165) is 29.6 Å². The lowest BCUT2D eigenvalue weighted by Crippen LogP contribution is -2.26. The second kappa shape index (κ2) is 8.63. The van der Waals surface area contributed by atoms with Crippen molar-refractivity contribution in [2.24, 2.45) is 0 Å². The molecule has 0 radical (unpaired) electrons. The first kappa shape index (κ1) is 22.7. The fraction of sp³-hybridized carbons (Fsp3) is 0.609. The molecule has 0 saturated heterocycles. The first-order chi connectivity index (χ1) is 14.1. The molecule has 0 aliphatic heterocycles. The van der Waals surface area contributed by atoms with E-state index in [1.807, 2.05) is 18.4 Å². The molecular weight excluding hydrogens is 394 g/mol. The van der Waals surface area contributed by atoms with Crippen LogP contribution in [0.15, 0.2) is 12.1 Å². The minimum atomic E-state index is -0.510. The molecule has 6 nitrogen and oxygen atoms in total. The van der Waals surface area contributed by atoms with E-state index < -0.39 is 5.41 Å². The summed E-state index contributed by atoms with van der Waals surface area (Å²) in [5.74, 6) is 0.689. The van der Waals surface area contributed by atoms with Crippen molar-refractivity contribution in [1.29, 1.82) is 0 Å². The number of thiophene rings is 1. The van der Waals surface area contributed by atoms with Gasteiger partial charge in [-0.2, -0.15) is 9.61 Å². The van der Waals surface area contributed by atoms with E-state index in [1.54, 1.807) is 11.3 Å². The van der Waals surface area contributed by atoms with Crippen molar-refractivity contribution in [1.82, 2.24) is 19.8 Å². The fourth-order valence-electron chi connectivity index (χ4n) is 3.49. The summed E-state index contributed by atoms with van der Waals surface area (Å²) in [6, 6.07) is 4.39. The van der Waals surface area contributed by atoms with Gasteiger partial charge in [0.1, 0.15) is 0 Å². The summed E-state index contributed by atoms with van der Waals surface area (Å²) in [4.78, 5) is 3.62. The molecule has 0 saturated carbocycles. The summed E-state index contributed by atoms with van der Waals surface area (Å²) in [5.41, 5.74) is 1.11. The number of hydrogen-bond acceptors (Lipinski definition) is 6. The molecule has 0 aromatic carbocycles. The van der Waals surface area contributed by atoms with Crippen molar-refractivity contribution in [3.8, 4) is 0 Å². The van der Waals surface area contributed by atoms with Gasteiger partial charge < -0.3 is 10.0 Å². The number of hydrogen-bond donors (Lipinski definition) is 1. The molecule has 0 fully saturated rings. The number of rotatable bonds is 8. The number of aliphatic hydroxyl groups excluding tert-OH is 1. The second-order valence-corrected chi connectivity index (χ2v) is 10.7. The van der Waals surface area contributed by atoms with E-state index in [4.69, 9.17) is 5.10 Å². The highest BCUT2D eigenvalue weighted by Crippen LogP contribution is 2.28. The van der Waals surface area contributed by atoms with Crippen molar-refractivity contribution >= 4 is 28.1 Å². The summed E-state index contributed by atoms with van der Waals surface area (Å²) in [5, 5.41) is 25.9. The molecule has 0 atom stereocenters. The predicted octanol–water partition coefficient (Wildman–Crippen LogP) is 3.93. The maximum Gasteiger partial charge on any atom is 0.187 e. The number of nitrogens with zero attached hydrogens (tertiary/aromatic N) is 5. The standard InChI is InChI=1S/C23H35N5OS/c1-8-10-13-27(9-2)18-12-11-16(30-18)14-17-19(22(3,4)5)26-28-20(17)24-25-21(28)23(6,7)15-29/h11-12,14,29H,8-10,13,15H2,1-7H3. The Morgan fingerprint density at radius 3 is 2.47 bits per heavy atom. The largest absolute Gasteiger partial charge is 0.395 e. The second-order valence-electron chi connectivity index (χ2n) is 9.57. The summed E-state index contributed by atoms with van der Waals surface area (Å²) < 4.78 is 1.82. The average molecular weight is 430 g/mol. The monoisotopic (exact) mass is 429 g/mol. The van der Waals surface area contributed by atoms with Crippen LogP contribution in [0.3, 0.4) is 0 Å². The van der Waals surface area contributed by atoms with Gasteiger partial charge in [0.15, 0.2) is 11.5 Å². The Bertz CT molecular complexity index is 1040. The van der Waals surface area contributed by atoms with Gasteiger partial charge in [-0.05, 0) is 31.6 Å². The summed E-state index contributed by atoms with van der Waals surface area (Å²) in [6.45, 7) is 16.9. The SMILES string of the molecule is CCCCN(CC)c1ccc(C=c2c(C(C)(C)C)nn3c(C(C)(C)CO)nnc23)s1. The van der Waals surface area contributed by atoms with Crippen LogP contribution in [0.25, 0.3) is 11.7 Å². The molecule has 3 aromatic heterocycles. The van der Waals surface area contributed by atoms with E-state index in [1.165, 1.54) is 22.7 Å². The molecule has 30 heavy (non-hydrogen) atoms. The van der Waals surface area contributed by atoms with E-state index >= 15 is 0 Å². The van der Waals surface area contributed by atoms with Crippen LogP contribution in [0.4, 0.5) is 5.00 Å². The highest BCUT2D eigenvalue weighted by molar-refractivity contribution is 7.16. The number of unbranched alkanes of at least 4 members (excludes halogenated alkanes) is 1.